The lowest BCUT2D eigenvalue weighted by Crippen LogP contribution is -2.30. The largest absolute Gasteiger partial charge is 0.495 e. The molecular weight excluding hydrogens is 334 g/mol. The van der Waals surface area contributed by atoms with Crippen LogP contribution >= 0.6 is 0 Å². The Kier molecular flexibility index (Phi) is 5.32. The average Bonchev–Trinajstić information content (AvgIpc) is 3.01. The second-order valence-electron chi connectivity index (χ2n) is 5.01. The molecule has 10 nitrogen and oxygen atoms in total. The Morgan fingerprint density at radius 2 is 2.08 bits per heavy atom. The summed E-state index contributed by atoms with van der Waals surface area (Å²) in [4.78, 5) is 34.3. The number of rotatable bonds is 6. The molecule has 25 heavy (non-hydrogen) atoms. The molecule has 132 valence electrons. The Morgan fingerprint density at radius 3 is 2.64 bits per heavy atom. The number of aromatic nitrogens is 1. The van der Waals surface area contributed by atoms with Crippen LogP contribution in [0.4, 0.5) is 11.4 Å². The van der Waals surface area contributed by atoms with E-state index in [4.69, 9.17) is 14.0 Å². The summed E-state index contributed by atoms with van der Waals surface area (Å²) in [5.74, 6) is -1.45. The van der Waals surface area contributed by atoms with Gasteiger partial charge in [-0.05, 0) is 19.9 Å². The Balaban J connectivity index is 2.09. The highest BCUT2D eigenvalue weighted by Crippen LogP contribution is 2.29. The minimum absolute atomic E-state index is 0.0834. The van der Waals surface area contributed by atoms with Crippen molar-refractivity contribution in [1.82, 2.24) is 5.16 Å². The van der Waals surface area contributed by atoms with E-state index >= 15 is 0 Å². The van der Waals surface area contributed by atoms with E-state index in [1.54, 1.807) is 6.92 Å². The first-order chi connectivity index (χ1) is 11.8. The van der Waals surface area contributed by atoms with Crippen LogP contribution in [0.5, 0.6) is 5.75 Å². The van der Waals surface area contributed by atoms with Crippen molar-refractivity contribution in [1.29, 1.82) is 0 Å². The number of nitrogens with zero attached hydrogens (tertiary/aromatic N) is 2. The molecule has 0 aliphatic heterocycles. The SMILES string of the molecule is COc1ccc([N+](=O)[O-])cc1NC(=O)[C@H](C)OC(=O)c1cc(C)no1. The number of non-ortho nitro benzene ring substituents is 1. The van der Waals surface area contributed by atoms with Crippen LogP contribution in [0.3, 0.4) is 0 Å². The maximum atomic E-state index is 12.2. The van der Waals surface area contributed by atoms with Crippen molar-refractivity contribution < 1.29 is 28.5 Å². The van der Waals surface area contributed by atoms with Gasteiger partial charge in [-0.2, -0.15) is 0 Å². The predicted octanol–water partition coefficient (Wildman–Crippen LogP) is 2.08. The minimum Gasteiger partial charge on any atom is -0.495 e. The van der Waals surface area contributed by atoms with Crippen LogP contribution < -0.4 is 10.1 Å². The van der Waals surface area contributed by atoms with Gasteiger partial charge in [-0.25, -0.2) is 4.79 Å². The lowest BCUT2D eigenvalue weighted by molar-refractivity contribution is -0.384. The first kappa shape index (κ1) is 17.9. The third kappa shape index (κ3) is 4.31. The summed E-state index contributed by atoms with van der Waals surface area (Å²) in [6, 6.07) is 5.10. The molecule has 10 heteroatoms. The zero-order valence-corrected chi connectivity index (χ0v) is 13.6. The molecule has 2 aromatic rings. The molecule has 0 aliphatic rings. The van der Waals surface area contributed by atoms with Crippen molar-refractivity contribution in [2.75, 3.05) is 12.4 Å². The topological polar surface area (TPSA) is 134 Å². The van der Waals surface area contributed by atoms with E-state index in [1.807, 2.05) is 0 Å². The minimum atomic E-state index is -1.18. The van der Waals surface area contributed by atoms with Crippen molar-refractivity contribution in [3.05, 3.63) is 45.8 Å². The molecule has 0 unspecified atom stereocenters. The molecule has 2 rings (SSSR count). The highest BCUT2D eigenvalue weighted by atomic mass is 16.6. The molecule has 1 heterocycles. The molecule has 1 aromatic carbocycles. The number of hydrogen-bond acceptors (Lipinski definition) is 8. The Morgan fingerprint density at radius 1 is 1.36 bits per heavy atom. The van der Waals surface area contributed by atoms with Gasteiger partial charge in [0.1, 0.15) is 5.75 Å². The summed E-state index contributed by atoms with van der Waals surface area (Å²) in [6.45, 7) is 2.98. The number of amides is 1. The molecule has 1 aromatic heterocycles. The van der Waals surface area contributed by atoms with E-state index in [2.05, 4.69) is 10.5 Å². The molecule has 1 amide bonds. The number of nitro groups is 1. The summed E-state index contributed by atoms with van der Waals surface area (Å²) >= 11 is 0. The summed E-state index contributed by atoms with van der Waals surface area (Å²) in [6.07, 6.45) is -1.18. The van der Waals surface area contributed by atoms with E-state index in [9.17, 15) is 19.7 Å². The van der Waals surface area contributed by atoms with Gasteiger partial charge in [0, 0.05) is 18.2 Å². The van der Waals surface area contributed by atoms with Crippen LogP contribution in [-0.2, 0) is 9.53 Å². The Labute approximate surface area is 141 Å². The van der Waals surface area contributed by atoms with Crippen LogP contribution in [0.25, 0.3) is 0 Å². The van der Waals surface area contributed by atoms with Gasteiger partial charge < -0.3 is 19.3 Å². The number of benzene rings is 1. The molecular formula is C15H15N3O7. The van der Waals surface area contributed by atoms with Gasteiger partial charge in [0.2, 0.25) is 5.76 Å². The summed E-state index contributed by atoms with van der Waals surface area (Å²) in [5.41, 5.74) is 0.350. The molecule has 0 saturated carbocycles. The normalized spacial score (nSPS) is 11.5. The van der Waals surface area contributed by atoms with Gasteiger partial charge in [0.15, 0.2) is 6.10 Å². The van der Waals surface area contributed by atoms with Gasteiger partial charge in [0.05, 0.1) is 23.4 Å². The van der Waals surface area contributed by atoms with Crippen LogP contribution in [0.1, 0.15) is 23.2 Å². The lowest BCUT2D eigenvalue weighted by Gasteiger charge is -2.14. The van der Waals surface area contributed by atoms with Crippen molar-refractivity contribution in [3.8, 4) is 5.75 Å². The lowest BCUT2D eigenvalue weighted by atomic mass is 10.2. The standard InChI is InChI=1S/C15H15N3O7/c1-8-6-13(25-17-8)15(20)24-9(2)14(19)16-11-7-10(18(21)22)4-5-12(11)23-3/h4-7,9H,1-3H3,(H,16,19)/t9-/m0/s1. The van der Waals surface area contributed by atoms with E-state index in [-0.39, 0.29) is 22.9 Å². The molecule has 0 saturated heterocycles. The molecule has 0 aliphatic carbocycles. The number of esters is 1. The first-order valence-electron chi connectivity index (χ1n) is 7.09. The molecule has 0 bridgehead atoms. The number of anilines is 1. The van der Waals surface area contributed by atoms with E-state index < -0.39 is 22.9 Å². The highest BCUT2D eigenvalue weighted by Gasteiger charge is 2.23. The fourth-order valence-corrected chi connectivity index (χ4v) is 1.87. The van der Waals surface area contributed by atoms with E-state index in [0.29, 0.717) is 5.69 Å². The van der Waals surface area contributed by atoms with Crippen molar-refractivity contribution in [3.63, 3.8) is 0 Å². The van der Waals surface area contributed by atoms with Gasteiger partial charge in [-0.3, -0.25) is 14.9 Å². The second kappa shape index (κ2) is 7.43. The average molecular weight is 349 g/mol. The number of nitro benzene ring substituents is 1. The van der Waals surface area contributed by atoms with Gasteiger partial charge >= 0.3 is 5.97 Å². The van der Waals surface area contributed by atoms with Crippen molar-refractivity contribution in [2.24, 2.45) is 0 Å². The number of methoxy groups -OCH3 is 1. The number of carbonyl (C=O) groups excluding carboxylic acids is 2. The fourth-order valence-electron chi connectivity index (χ4n) is 1.87. The van der Waals surface area contributed by atoms with Crippen molar-refractivity contribution >= 4 is 23.3 Å². The van der Waals surface area contributed by atoms with Crippen LogP contribution in [0, 0.1) is 17.0 Å². The number of carbonyl (C=O) groups is 2. The summed E-state index contributed by atoms with van der Waals surface area (Å²) in [7, 11) is 1.35. The van der Waals surface area contributed by atoms with Crippen molar-refractivity contribution in [2.45, 2.75) is 20.0 Å². The first-order valence-corrected chi connectivity index (χ1v) is 7.09. The summed E-state index contributed by atoms with van der Waals surface area (Å²) < 4.78 is 14.8. The van der Waals surface area contributed by atoms with Gasteiger partial charge in [-0.15, -0.1) is 0 Å². The third-order valence-corrected chi connectivity index (χ3v) is 3.13. The van der Waals surface area contributed by atoms with E-state index in [1.165, 1.54) is 32.2 Å². The maximum absolute atomic E-state index is 12.2. The van der Waals surface area contributed by atoms with Gasteiger partial charge in [0.25, 0.3) is 11.6 Å². The number of nitrogens with one attached hydrogen (secondary N) is 1. The van der Waals surface area contributed by atoms with Crippen LogP contribution in [0.2, 0.25) is 0 Å². The predicted molar refractivity (Wildman–Crippen MR) is 84.4 cm³/mol. The summed E-state index contributed by atoms with van der Waals surface area (Å²) in [5, 5.41) is 16.8. The monoisotopic (exact) mass is 349 g/mol. The second-order valence-corrected chi connectivity index (χ2v) is 5.01. The Hall–Kier alpha value is -3.43. The maximum Gasteiger partial charge on any atom is 0.377 e. The highest BCUT2D eigenvalue weighted by molar-refractivity contribution is 5.97. The molecule has 0 fully saturated rings. The fraction of sp³-hybridized carbons (Fsp3) is 0.267. The molecule has 0 spiro atoms. The number of ether oxygens (including phenoxy) is 2. The molecule has 1 atom stereocenters. The van der Waals surface area contributed by atoms with Gasteiger partial charge in [-0.1, -0.05) is 5.16 Å². The third-order valence-electron chi connectivity index (χ3n) is 3.13. The number of aryl methyl sites for hydroxylation is 1. The zero-order valence-electron chi connectivity index (χ0n) is 13.6. The smallest absolute Gasteiger partial charge is 0.377 e. The van der Waals surface area contributed by atoms with Crippen LogP contribution in [-0.4, -0.2) is 35.2 Å². The molecule has 1 N–H and O–H groups in total. The zero-order chi connectivity index (χ0) is 18.6. The molecule has 0 radical (unpaired) electrons. The number of hydrogen-bond donors (Lipinski definition) is 1. The van der Waals surface area contributed by atoms with Crippen LogP contribution in [0.15, 0.2) is 28.8 Å². The Bertz CT molecular complexity index is 815. The van der Waals surface area contributed by atoms with E-state index in [0.717, 1.165) is 6.07 Å². The quantitative estimate of drug-likeness (QED) is 0.476.